The molecule has 6 aromatic heterocycles. The van der Waals surface area contributed by atoms with Gasteiger partial charge in [-0.3, -0.25) is 19.4 Å². The molecular formula is C57H63Cl3N10O7. The van der Waals surface area contributed by atoms with Crippen molar-refractivity contribution in [3.8, 4) is 23.0 Å². The average Bonchev–Trinajstić information content (AvgIpc) is 4.11. The number of hydrogen-bond donors (Lipinski definition) is 2. The van der Waals surface area contributed by atoms with Crippen molar-refractivity contribution < 1.29 is 33.3 Å². The van der Waals surface area contributed by atoms with Crippen molar-refractivity contribution >= 4 is 74.7 Å². The lowest BCUT2D eigenvalue weighted by atomic mass is 10.0. The van der Waals surface area contributed by atoms with Crippen LogP contribution in [-0.4, -0.2) is 125 Å². The van der Waals surface area contributed by atoms with Crippen LogP contribution >= 0.6 is 34.8 Å². The van der Waals surface area contributed by atoms with E-state index in [0.717, 1.165) is 111 Å². The first kappa shape index (κ1) is 57.4. The van der Waals surface area contributed by atoms with Gasteiger partial charge in [0.15, 0.2) is 39.0 Å². The second kappa shape index (κ2) is 28.2. The second-order valence-electron chi connectivity index (χ2n) is 18.2. The van der Waals surface area contributed by atoms with Gasteiger partial charge in [0.05, 0.1) is 40.2 Å². The lowest BCUT2D eigenvalue weighted by Crippen LogP contribution is -2.35. The van der Waals surface area contributed by atoms with Crippen molar-refractivity contribution in [3.05, 3.63) is 166 Å². The number of nitrogens with two attached hydrogens (primary N) is 2. The van der Waals surface area contributed by atoms with E-state index in [9.17, 15) is 14.4 Å². The standard InChI is InChI=1S/C22H25ClN4O2.C22H26N4O2.C7H6ClNO2.C6H6ClNO/c1-29-20-16(4-9-25-21(20)23)5-10-26-11-7-18(8-12-26)27-13-6-15-2-3-17(22(24)28)14-19(15)27;1-28-21-15-24-9-4-17(21)5-10-25-11-7-19(8-12-25)26-13-6-16-2-3-18(22(23)27)14-20(16)26;1-11-6-5(4-10)2-3-9-7(6)8;1-9-5-3-2-4-8-6(5)7/h2-4,6,9,13-14,18H,5,7-8,10-12H2,1H3,(H2,24,28);2-4,6,9,13-15,19H,5,7-8,10-12H2,1H3,(H2,23,27);2-4H,1H3;2-4H,1H3. The molecule has 10 rings (SSSR count). The molecule has 4 N–H and O–H groups in total. The molecule has 8 aromatic rings. The third-order valence-electron chi connectivity index (χ3n) is 13.7. The first-order valence-corrected chi connectivity index (χ1v) is 26.2. The molecule has 2 aliphatic heterocycles. The summed E-state index contributed by atoms with van der Waals surface area (Å²) in [4.78, 5) is 54.2. The molecule has 0 bridgehead atoms. The van der Waals surface area contributed by atoms with Gasteiger partial charge in [-0.1, -0.05) is 46.9 Å². The van der Waals surface area contributed by atoms with E-state index in [1.54, 1.807) is 64.2 Å². The maximum Gasteiger partial charge on any atom is 0.248 e. The Balaban J connectivity index is 0.000000166. The summed E-state index contributed by atoms with van der Waals surface area (Å²) in [5.74, 6) is 1.70. The third-order valence-corrected chi connectivity index (χ3v) is 14.5. The Kier molecular flexibility index (Phi) is 21.0. The zero-order valence-corrected chi connectivity index (χ0v) is 45.8. The number of amides is 2. The predicted octanol–water partition coefficient (Wildman–Crippen LogP) is 10.00. The zero-order chi connectivity index (χ0) is 54.8. The van der Waals surface area contributed by atoms with Gasteiger partial charge in [0.1, 0.15) is 5.75 Å². The molecule has 2 fully saturated rings. The summed E-state index contributed by atoms with van der Waals surface area (Å²) >= 11 is 17.3. The molecule has 8 heterocycles. The number of aldehydes is 1. The van der Waals surface area contributed by atoms with E-state index in [-0.39, 0.29) is 17.0 Å². The molecule has 2 aliphatic rings. The Morgan fingerprint density at radius 3 is 1.55 bits per heavy atom. The largest absolute Gasteiger partial charge is 0.495 e. The average molecular weight is 1110 g/mol. The summed E-state index contributed by atoms with van der Waals surface area (Å²) < 4.78 is 25.1. The third kappa shape index (κ3) is 15.0. The molecule has 0 unspecified atom stereocenters. The number of hydrogen-bond acceptors (Lipinski definition) is 13. The van der Waals surface area contributed by atoms with Crippen LogP contribution in [0.4, 0.5) is 0 Å². The Hall–Kier alpha value is -7.28. The van der Waals surface area contributed by atoms with Gasteiger partial charge in [-0.15, -0.1) is 0 Å². The van der Waals surface area contributed by atoms with Gasteiger partial charge < -0.3 is 49.3 Å². The number of rotatable bonds is 15. The molecule has 2 aromatic carbocycles. The summed E-state index contributed by atoms with van der Waals surface area (Å²) in [7, 11) is 6.32. The van der Waals surface area contributed by atoms with Gasteiger partial charge in [0.25, 0.3) is 0 Å². The van der Waals surface area contributed by atoms with Crippen molar-refractivity contribution in [1.82, 2.24) is 38.9 Å². The number of benzene rings is 2. The number of carbonyl (C=O) groups is 3. The van der Waals surface area contributed by atoms with E-state index >= 15 is 0 Å². The van der Waals surface area contributed by atoms with Gasteiger partial charge in [-0.25, -0.2) is 15.0 Å². The summed E-state index contributed by atoms with van der Waals surface area (Å²) in [6.45, 7) is 6.16. The molecule has 0 atom stereocenters. The molecule has 2 saturated heterocycles. The number of nitrogens with zero attached hydrogens (tertiary/aromatic N) is 8. The number of carbonyl (C=O) groups excluding carboxylic acids is 3. The van der Waals surface area contributed by atoms with Gasteiger partial charge in [0, 0.05) is 116 Å². The van der Waals surface area contributed by atoms with Crippen LogP contribution in [-0.2, 0) is 12.8 Å². The number of likely N-dealkylation sites (tertiary alicyclic amines) is 2. The van der Waals surface area contributed by atoms with Gasteiger partial charge >= 0.3 is 0 Å². The van der Waals surface area contributed by atoms with Crippen LogP contribution in [0.2, 0.25) is 15.5 Å². The van der Waals surface area contributed by atoms with Crippen molar-refractivity contribution in [3.63, 3.8) is 0 Å². The molecule has 77 heavy (non-hydrogen) atoms. The Morgan fingerprint density at radius 1 is 0.584 bits per heavy atom. The van der Waals surface area contributed by atoms with Crippen LogP contribution < -0.4 is 30.4 Å². The highest BCUT2D eigenvalue weighted by Gasteiger charge is 2.24. The van der Waals surface area contributed by atoms with Crippen LogP contribution in [0.1, 0.15) is 80.0 Å². The van der Waals surface area contributed by atoms with E-state index in [1.807, 2.05) is 42.6 Å². The molecule has 17 nitrogen and oxygen atoms in total. The Morgan fingerprint density at radius 2 is 1.08 bits per heavy atom. The fraction of sp³-hybridized carbons (Fsp3) is 0.316. The lowest BCUT2D eigenvalue weighted by molar-refractivity contribution is 0.0992. The minimum absolute atomic E-state index is 0.206. The van der Waals surface area contributed by atoms with Crippen LogP contribution in [0, 0.1) is 0 Å². The number of aromatic nitrogens is 6. The highest BCUT2D eigenvalue weighted by atomic mass is 35.5. The summed E-state index contributed by atoms with van der Waals surface area (Å²) in [6.07, 6.45) is 19.5. The molecule has 404 valence electrons. The first-order chi connectivity index (χ1) is 37.3. The van der Waals surface area contributed by atoms with Crippen LogP contribution in [0.15, 0.2) is 122 Å². The number of pyridine rings is 4. The van der Waals surface area contributed by atoms with E-state index in [1.165, 1.54) is 24.9 Å². The topological polar surface area (TPSA) is 208 Å². The van der Waals surface area contributed by atoms with E-state index in [0.29, 0.717) is 62.6 Å². The van der Waals surface area contributed by atoms with Crippen LogP contribution in [0.3, 0.4) is 0 Å². The van der Waals surface area contributed by atoms with Gasteiger partial charge in [0.2, 0.25) is 11.8 Å². The monoisotopic (exact) mass is 1100 g/mol. The fourth-order valence-electron chi connectivity index (χ4n) is 9.57. The quantitative estimate of drug-likeness (QED) is 0.0725. The minimum atomic E-state index is -0.388. The molecule has 0 saturated carbocycles. The summed E-state index contributed by atoms with van der Waals surface area (Å²) in [5.41, 5.74) is 16.9. The summed E-state index contributed by atoms with van der Waals surface area (Å²) in [5, 5.41) is 3.31. The highest BCUT2D eigenvalue weighted by Crippen LogP contribution is 2.32. The molecule has 20 heteroatoms. The first-order valence-electron chi connectivity index (χ1n) is 25.0. The van der Waals surface area contributed by atoms with Crippen molar-refractivity contribution in [2.24, 2.45) is 11.5 Å². The van der Waals surface area contributed by atoms with E-state index in [4.69, 9.17) is 65.2 Å². The number of halogens is 3. The van der Waals surface area contributed by atoms with Crippen LogP contribution in [0.5, 0.6) is 23.0 Å². The number of fused-ring (bicyclic) bond motifs is 2. The molecule has 0 spiro atoms. The molecule has 0 aliphatic carbocycles. The number of methoxy groups -OCH3 is 4. The smallest absolute Gasteiger partial charge is 0.248 e. The molecule has 2 amide bonds. The van der Waals surface area contributed by atoms with Gasteiger partial charge in [-0.05, 0) is 122 Å². The second-order valence-corrected chi connectivity index (χ2v) is 19.3. The van der Waals surface area contributed by atoms with Crippen LogP contribution in [0.25, 0.3) is 21.8 Å². The number of piperidine rings is 2. The normalized spacial score (nSPS) is 14.0. The SMILES string of the molecule is COc1c(C=O)ccnc1Cl.COc1c(CCN2CCC(n3ccc4ccc(C(N)=O)cc43)CC2)ccnc1Cl.COc1cccnc1Cl.COc1cnccc1CCN1CCC(n2ccc3ccc(C(N)=O)cc32)CC1. The predicted molar refractivity (Wildman–Crippen MR) is 301 cm³/mol. The maximum absolute atomic E-state index is 11.5. The number of primary amides is 2. The highest BCUT2D eigenvalue weighted by molar-refractivity contribution is 6.31. The summed E-state index contributed by atoms with van der Waals surface area (Å²) in [6, 6.07) is 25.5. The fourth-order valence-corrected chi connectivity index (χ4v) is 10.3. The Bertz CT molecular complexity index is 3250. The minimum Gasteiger partial charge on any atom is -0.495 e. The van der Waals surface area contributed by atoms with Crippen molar-refractivity contribution in [2.75, 3.05) is 67.7 Å². The van der Waals surface area contributed by atoms with Gasteiger partial charge in [-0.2, -0.15) is 0 Å². The Labute approximate surface area is 463 Å². The lowest BCUT2D eigenvalue weighted by Gasteiger charge is -2.33. The van der Waals surface area contributed by atoms with Crippen molar-refractivity contribution in [1.29, 1.82) is 0 Å². The maximum atomic E-state index is 11.5. The van der Waals surface area contributed by atoms with E-state index < -0.39 is 0 Å². The number of ether oxygens (including phenoxy) is 4. The molecule has 0 radical (unpaired) electrons. The van der Waals surface area contributed by atoms with E-state index in [2.05, 4.69) is 63.4 Å². The molecular weight excluding hydrogens is 1040 g/mol. The van der Waals surface area contributed by atoms with Crippen molar-refractivity contribution in [2.45, 2.75) is 50.6 Å². The zero-order valence-electron chi connectivity index (χ0n) is 43.5.